The van der Waals surface area contributed by atoms with Crippen molar-refractivity contribution in [2.24, 2.45) is 0 Å². The summed E-state index contributed by atoms with van der Waals surface area (Å²) in [6, 6.07) is 2.38. The van der Waals surface area contributed by atoms with Gasteiger partial charge in [0.25, 0.3) is 0 Å². The van der Waals surface area contributed by atoms with Crippen LogP contribution < -0.4 is 0 Å². The molecule has 0 aliphatic rings. The Morgan fingerprint density at radius 2 is 0.439 bits per heavy atom. The van der Waals surface area contributed by atoms with E-state index in [1.165, 1.54) is 218 Å². The highest BCUT2D eigenvalue weighted by molar-refractivity contribution is 6.67. The van der Waals surface area contributed by atoms with Gasteiger partial charge in [0.05, 0.1) is 0 Å². The van der Waals surface area contributed by atoms with Gasteiger partial charge in [0.15, 0.2) is 0 Å². The van der Waals surface area contributed by atoms with E-state index < -0.39 is 8.56 Å². The molecule has 0 aliphatic heterocycles. The van der Waals surface area contributed by atoms with Gasteiger partial charge in [-0.25, -0.2) is 0 Å². The largest absolute Gasteiger partial charge is 0.398 e. The molecule has 41 heavy (non-hydrogen) atoms. The number of unbranched alkanes of at least 4 members (excludes halogenated alkanes) is 30. The van der Waals surface area contributed by atoms with E-state index in [1.54, 1.807) is 0 Å². The zero-order valence-corrected chi connectivity index (χ0v) is 30.4. The normalized spacial score (nSPS) is 12.0. The molecule has 0 radical (unpaired) electrons. The molecule has 0 fully saturated rings. The fourth-order valence-corrected chi connectivity index (χ4v) is 9.31. The van der Waals surface area contributed by atoms with Gasteiger partial charge >= 0.3 is 8.56 Å². The minimum atomic E-state index is -1.96. The van der Waals surface area contributed by atoms with E-state index in [0.717, 1.165) is 0 Å². The molecule has 3 heteroatoms. The summed E-state index contributed by atoms with van der Waals surface area (Å²) in [6.07, 6.45) is 45.7. The SMILES string of the molecule is CCCCCCCCCCCCCCCCCCC[Si](CCCCCCCCCCCCCCCCC)(OC)OC. The summed E-state index contributed by atoms with van der Waals surface area (Å²) >= 11 is 0. The van der Waals surface area contributed by atoms with Crippen molar-refractivity contribution in [3.63, 3.8) is 0 Å². The van der Waals surface area contributed by atoms with Crippen molar-refractivity contribution in [1.82, 2.24) is 0 Å². The van der Waals surface area contributed by atoms with E-state index >= 15 is 0 Å². The van der Waals surface area contributed by atoms with Gasteiger partial charge in [-0.2, -0.15) is 0 Å². The second-order valence-electron chi connectivity index (χ2n) is 13.4. The summed E-state index contributed by atoms with van der Waals surface area (Å²) in [7, 11) is 1.87. The van der Waals surface area contributed by atoms with Crippen LogP contribution in [0.25, 0.3) is 0 Å². The van der Waals surface area contributed by atoms with E-state index in [1.807, 2.05) is 14.2 Å². The minimum Gasteiger partial charge on any atom is -0.398 e. The average molecular weight is 597 g/mol. The van der Waals surface area contributed by atoms with E-state index in [9.17, 15) is 0 Å². The van der Waals surface area contributed by atoms with E-state index in [0.29, 0.717) is 0 Å². The number of hydrogen-bond donors (Lipinski definition) is 0. The first kappa shape index (κ1) is 41.1. The lowest BCUT2D eigenvalue weighted by Crippen LogP contribution is -2.39. The lowest BCUT2D eigenvalue weighted by Gasteiger charge is -2.27. The second-order valence-corrected chi connectivity index (χ2v) is 17.1. The van der Waals surface area contributed by atoms with Crippen molar-refractivity contribution >= 4 is 8.56 Å². The van der Waals surface area contributed by atoms with Gasteiger partial charge in [0, 0.05) is 14.2 Å². The van der Waals surface area contributed by atoms with Gasteiger partial charge in [0.1, 0.15) is 0 Å². The molecule has 0 saturated heterocycles. The third kappa shape index (κ3) is 30.0. The smallest absolute Gasteiger partial charge is 0.337 e. The molecular formula is C38H80O2Si. The Kier molecular flexibility index (Phi) is 34.7. The Hall–Kier alpha value is 0.137. The highest BCUT2D eigenvalue weighted by Gasteiger charge is 2.33. The maximum absolute atomic E-state index is 6.05. The second kappa shape index (κ2) is 34.6. The first-order chi connectivity index (χ1) is 20.2. The maximum atomic E-state index is 6.05. The molecule has 0 saturated carbocycles. The quantitative estimate of drug-likeness (QED) is 0.0529. The molecule has 0 aliphatic carbocycles. The molecule has 0 aromatic carbocycles. The summed E-state index contributed by atoms with van der Waals surface area (Å²) in [4.78, 5) is 0. The molecule has 0 atom stereocenters. The monoisotopic (exact) mass is 597 g/mol. The van der Waals surface area contributed by atoms with Gasteiger partial charge in [-0.05, 0) is 12.1 Å². The van der Waals surface area contributed by atoms with Gasteiger partial charge < -0.3 is 8.85 Å². The summed E-state index contributed by atoms with van der Waals surface area (Å²) in [6.45, 7) is 4.61. The van der Waals surface area contributed by atoms with Crippen molar-refractivity contribution in [3.8, 4) is 0 Å². The predicted molar refractivity (Wildman–Crippen MR) is 188 cm³/mol. The van der Waals surface area contributed by atoms with Gasteiger partial charge in [-0.3, -0.25) is 0 Å². The Morgan fingerprint density at radius 3 is 0.610 bits per heavy atom. The summed E-state index contributed by atoms with van der Waals surface area (Å²) < 4.78 is 12.1. The lowest BCUT2D eigenvalue weighted by atomic mass is 10.0. The van der Waals surface area contributed by atoms with Gasteiger partial charge in [-0.1, -0.05) is 219 Å². The van der Waals surface area contributed by atoms with Crippen molar-refractivity contribution in [1.29, 1.82) is 0 Å². The molecule has 0 aromatic rings. The lowest BCUT2D eigenvalue weighted by molar-refractivity contribution is 0.238. The van der Waals surface area contributed by atoms with Crippen molar-refractivity contribution in [2.45, 2.75) is 231 Å². The maximum Gasteiger partial charge on any atom is 0.337 e. The molecule has 0 N–H and O–H groups in total. The van der Waals surface area contributed by atoms with Crippen LogP contribution >= 0.6 is 0 Å². The average Bonchev–Trinajstić information content (AvgIpc) is 2.99. The van der Waals surface area contributed by atoms with E-state index in [-0.39, 0.29) is 0 Å². The van der Waals surface area contributed by atoms with Crippen molar-refractivity contribution in [2.75, 3.05) is 14.2 Å². The molecule has 0 aromatic heterocycles. The molecule has 0 amide bonds. The van der Waals surface area contributed by atoms with Crippen molar-refractivity contribution < 1.29 is 8.85 Å². The molecule has 0 bridgehead atoms. The Morgan fingerprint density at radius 1 is 0.268 bits per heavy atom. The minimum absolute atomic E-state index is 1.19. The molecule has 2 nitrogen and oxygen atoms in total. The summed E-state index contributed by atoms with van der Waals surface area (Å²) in [5.41, 5.74) is 0. The van der Waals surface area contributed by atoms with Crippen LogP contribution in [-0.2, 0) is 8.85 Å². The zero-order valence-electron chi connectivity index (χ0n) is 29.4. The summed E-state index contributed by atoms with van der Waals surface area (Å²) in [5, 5.41) is 0. The highest BCUT2D eigenvalue weighted by atomic mass is 28.4. The Bertz CT molecular complexity index is 465. The summed E-state index contributed by atoms with van der Waals surface area (Å²) in [5.74, 6) is 0. The number of hydrogen-bond acceptors (Lipinski definition) is 2. The zero-order chi connectivity index (χ0) is 30.0. The standard InChI is InChI=1S/C38H80O2Si/c1-5-7-9-11-13-15-17-19-21-22-24-26-28-30-32-34-36-38-41(39-3,40-4)37-35-33-31-29-27-25-23-20-18-16-14-12-10-8-6-2/h5-38H2,1-4H3. The van der Waals surface area contributed by atoms with Crippen LogP contribution in [-0.4, -0.2) is 22.8 Å². The molecular weight excluding hydrogens is 517 g/mol. The predicted octanol–water partition coefficient (Wildman–Crippen LogP) is 14.2. The molecule has 248 valence electrons. The van der Waals surface area contributed by atoms with Gasteiger partial charge in [0.2, 0.25) is 0 Å². The molecule has 0 rings (SSSR count). The van der Waals surface area contributed by atoms with Crippen molar-refractivity contribution in [3.05, 3.63) is 0 Å². The topological polar surface area (TPSA) is 18.5 Å². The first-order valence-electron chi connectivity index (χ1n) is 19.3. The molecule has 0 spiro atoms. The van der Waals surface area contributed by atoms with Crippen LogP contribution in [0.5, 0.6) is 0 Å². The van der Waals surface area contributed by atoms with Gasteiger partial charge in [-0.15, -0.1) is 0 Å². The Labute approximate surface area is 262 Å². The van der Waals surface area contributed by atoms with E-state index in [4.69, 9.17) is 8.85 Å². The Balaban J connectivity index is 3.50. The van der Waals surface area contributed by atoms with Crippen LogP contribution in [0.15, 0.2) is 0 Å². The van der Waals surface area contributed by atoms with Crippen LogP contribution in [0.2, 0.25) is 12.1 Å². The van der Waals surface area contributed by atoms with Crippen LogP contribution in [0.4, 0.5) is 0 Å². The third-order valence-electron chi connectivity index (χ3n) is 9.57. The van der Waals surface area contributed by atoms with Crippen LogP contribution in [0, 0.1) is 0 Å². The molecule has 0 unspecified atom stereocenters. The molecule has 0 heterocycles. The van der Waals surface area contributed by atoms with Crippen LogP contribution in [0.3, 0.4) is 0 Å². The highest BCUT2D eigenvalue weighted by Crippen LogP contribution is 2.25. The fraction of sp³-hybridized carbons (Fsp3) is 1.00. The fourth-order valence-electron chi connectivity index (χ4n) is 6.50. The number of rotatable bonds is 36. The van der Waals surface area contributed by atoms with Crippen LogP contribution in [0.1, 0.15) is 219 Å². The van der Waals surface area contributed by atoms with E-state index in [2.05, 4.69) is 13.8 Å². The third-order valence-corrected chi connectivity index (χ3v) is 13.3. The first-order valence-corrected chi connectivity index (χ1v) is 21.6.